The molecule has 0 aliphatic carbocycles. The van der Waals surface area contributed by atoms with Crippen LogP contribution in [0.25, 0.3) is 10.9 Å². The van der Waals surface area contributed by atoms with E-state index < -0.39 is 0 Å². The molecule has 6 nitrogen and oxygen atoms in total. The van der Waals surface area contributed by atoms with Crippen LogP contribution in [0.15, 0.2) is 55.0 Å². The van der Waals surface area contributed by atoms with Crippen LogP contribution in [0, 0.1) is 0 Å². The fraction of sp³-hybridized carbons (Fsp3) is 0.391. The smallest absolute Gasteiger partial charge is 0.227 e. The molecule has 3 heterocycles. The Balaban J connectivity index is 1.42. The Hall–Kier alpha value is -2.70. The van der Waals surface area contributed by atoms with Crippen molar-refractivity contribution in [3.63, 3.8) is 0 Å². The second-order valence-electron chi connectivity index (χ2n) is 7.51. The van der Waals surface area contributed by atoms with Gasteiger partial charge in [-0.1, -0.05) is 18.2 Å². The highest BCUT2D eigenvalue weighted by Gasteiger charge is 2.17. The van der Waals surface area contributed by atoms with E-state index in [0.29, 0.717) is 13.0 Å². The minimum absolute atomic E-state index is 0.161. The van der Waals surface area contributed by atoms with E-state index in [9.17, 15) is 4.79 Å². The zero-order valence-corrected chi connectivity index (χ0v) is 16.7. The van der Waals surface area contributed by atoms with Gasteiger partial charge in [0.2, 0.25) is 5.91 Å². The monoisotopic (exact) mass is 392 g/mol. The van der Waals surface area contributed by atoms with Crippen molar-refractivity contribution in [1.29, 1.82) is 0 Å². The van der Waals surface area contributed by atoms with Crippen LogP contribution in [-0.2, 0) is 22.5 Å². The van der Waals surface area contributed by atoms with E-state index in [0.717, 1.165) is 67.8 Å². The number of aromatic amines is 1. The number of H-pyrrole nitrogens is 1. The molecule has 1 aromatic carbocycles. The van der Waals surface area contributed by atoms with Crippen molar-refractivity contribution >= 4 is 16.8 Å². The first-order valence-electron chi connectivity index (χ1n) is 10.3. The van der Waals surface area contributed by atoms with Crippen molar-refractivity contribution in [1.82, 2.24) is 19.8 Å². The molecule has 0 unspecified atom stereocenters. The summed E-state index contributed by atoms with van der Waals surface area (Å²) < 4.78 is 5.42. The maximum absolute atomic E-state index is 13.2. The van der Waals surface area contributed by atoms with Gasteiger partial charge in [-0.25, -0.2) is 0 Å². The van der Waals surface area contributed by atoms with Gasteiger partial charge < -0.3 is 14.6 Å². The number of nitrogens with zero attached hydrogens (tertiary/aromatic N) is 3. The average Bonchev–Trinajstić information content (AvgIpc) is 3.17. The van der Waals surface area contributed by atoms with Crippen molar-refractivity contribution in [2.45, 2.75) is 19.4 Å². The first-order chi connectivity index (χ1) is 14.3. The number of amides is 1. The van der Waals surface area contributed by atoms with Gasteiger partial charge >= 0.3 is 0 Å². The molecule has 0 saturated carbocycles. The molecule has 0 radical (unpaired) electrons. The molecule has 1 aliphatic heterocycles. The number of aromatic nitrogens is 2. The molecule has 0 atom stereocenters. The fourth-order valence-corrected chi connectivity index (χ4v) is 3.86. The maximum Gasteiger partial charge on any atom is 0.227 e. The number of fused-ring (bicyclic) bond motifs is 1. The van der Waals surface area contributed by atoms with Crippen LogP contribution in [0.1, 0.15) is 17.5 Å². The van der Waals surface area contributed by atoms with Gasteiger partial charge in [-0.05, 0) is 35.7 Å². The number of ether oxygens (including phenoxy) is 1. The van der Waals surface area contributed by atoms with Crippen molar-refractivity contribution in [2.24, 2.45) is 0 Å². The van der Waals surface area contributed by atoms with Crippen LogP contribution >= 0.6 is 0 Å². The van der Waals surface area contributed by atoms with Gasteiger partial charge in [-0.3, -0.25) is 14.7 Å². The topological polar surface area (TPSA) is 61.5 Å². The summed E-state index contributed by atoms with van der Waals surface area (Å²) in [6.07, 6.45) is 6.90. The van der Waals surface area contributed by atoms with Gasteiger partial charge in [0.1, 0.15) is 0 Å². The Kier molecular flexibility index (Phi) is 6.54. The van der Waals surface area contributed by atoms with E-state index in [1.165, 1.54) is 0 Å². The lowest BCUT2D eigenvalue weighted by molar-refractivity contribution is -0.131. The minimum atomic E-state index is 0.161. The standard InChI is InChI=1S/C23H28N4O2/c28-23(16-20-17-25-22-5-2-1-4-21(20)22)27(18-19-6-8-24-9-7-19)11-3-10-26-12-14-29-15-13-26/h1-2,4-9,17,25H,3,10-16,18H2. The molecule has 29 heavy (non-hydrogen) atoms. The van der Waals surface area contributed by atoms with Crippen LogP contribution in [0.3, 0.4) is 0 Å². The molecule has 1 N–H and O–H groups in total. The highest BCUT2D eigenvalue weighted by molar-refractivity contribution is 5.88. The predicted octanol–water partition coefficient (Wildman–Crippen LogP) is 2.86. The minimum Gasteiger partial charge on any atom is -0.379 e. The van der Waals surface area contributed by atoms with Gasteiger partial charge in [0.25, 0.3) is 0 Å². The lowest BCUT2D eigenvalue weighted by Gasteiger charge is -2.28. The number of benzene rings is 1. The largest absolute Gasteiger partial charge is 0.379 e. The summed E-state index contributed by atoms with van der Waals surface area (Å²) in [7, 11) is 0. The van der Waals surface area contributed by atoms with E-state index >= 15 is 0 Å². The second kappa shape index (κ2) is 9.67. The Bertz CT molecular complexity index is 919. The van der Waals surface area contributed by atoms with Gasteiger partial charge in [0.05, 0.1) is 19.6 Å². The molecule has 1 saturated heterocycles. The van der Waals surface area contributed by atoms with Gasteiger partial charge in [-0.2, -0.15) is 0 Å². The molecular weight excluding hydrogens is 364 g/mol. The SMILES string of the molecule is O=C(Cc1c[nH]c2ccccc12)N(CCCN1CCOCC1)Cc1ccncc1. The van der Waals surface area contributed by atoms with E-state index in [4.69, 9.17) is 4.74 Å². The number of hydrogen-bond donors (Lipinski definition) is 1. The molecule has 0 spiro atoms. The summed E-state index contributed by atoms with van der Waals surface area (Å²) in [4.78, 5) is 25.0. The molecule has 152 valence electrons. The first kappa shape index (κ1) is 19.6. The Morgan fingerprint density at radius 1 is 1.14 bits per heavy atom. The molecule has 1 aliphatic rings. The second-order valence-corrected chi connectivity index (χ2v) is 7.51. The van der Waals surface area contributed by atoms with Crippen LogP contribution in [-0.4, -0.2) is 65.1 Å². The van der Waals surface area contributed by atoms with Crippen molar-refractivity contribution < 1.29 is 9.53 Å². The van der Waals surface area contributed by atoms with Crippen molar-refractivity contribution in [3.8, 4) is 0 Å². The van der Waals surface area contributed by atoms with Gasteiger partial charge in [0.15, 0.2) is 0 Å². The van der Waals surface area contributed by atoms with E-state index in [2.05, 4.69) is 20.9 Å². The number of morpholine rings is 1. The lowest BCUT2D eigenvalue weighted by atomic mass is 10.1. The Labute approximate surface area is 171 Å². The highest BCUT2D eigenvalue weighted by atomic mass is 16.5. The van der Waals surface area contributed by atoms with Crippen LogP contribution in [0.2, 0.25) is 0 Å². The summed E-state index contributed by atoms with van der Waals surface area (Å²) in [5.41, 5.74) is 3.24. The number of carbonyl (C=O) groups excluding carboxylic acids is 1. The van der Waals surface area contributed by atoms with Crippen molar-refractivity contribution in [2.75, 3.05) is 39.4 Å². The summed E-state index contributed by atoms with van der Waals surface area (Å²) in [6, 6.07) is 12.1. The molecule has 1 amide bonds. The van der Waals surface area contributed by atoms with Gasteiger partial charge in [-0.15, -0.1) is 0 Å². The Morgan fingerprint density at radius 3 is 2.76 bits per heavy atom. The van der Waals surface area contributed by atoms with E-state index in [-0.39, 0.29) is 5.91 Å². The van der Waals surface area contributed by atoms with Gasteiger partial charge in [0, 0.05) is 62.2 Å². The zero-order chi connectivity index (χ0) is 19.9. The zero-order valence-electron chi connectivity index (χ0n) is 16.7. The summed E-state index contributed by atoms with van der Waals surface area (Å²) >= 11 is 0. The average molecular weight is 393 g/mol. The normalized spacial score (nSPS) is 14.9. The van der Waals surface area contributed by atoms with Crippen LogP contribution < -0.4 is 0 Å². The molecular formula is C23H28N4O2. The number of para-hydroxylation sites is 1. The highest BCUT2D eigenvalue weighted by Crippen LogP contribution is 2.19. The lowest BCUT2D eigenvalue weighted by Crippen LogP contribution is -2.39. The molecule has 3 aromatic rings. The molecule has 1 fully saturated rings. The third kappa shape index (κ3) is 5.22. The Morgan fingerprint density at radius 2 is 1.93 bits per heavy atom. The number of carbonyl (C=O) groups is 1. The quantitative estimate of drug-likeness (QED) is 0.640. The summed E-state index contributed by atoms with van der Waals surface area (Å²) in [6.45, 7) is 5.94. The summed E-state index contributed by atoms with van der Waals surface area (Å²) in [5, 5.41) is 1.12. The number of pyridine rings is 1. The molecule has 2 aromatic heterocycles. The molecule has 4 rings (SSSR count). The fourth-order valence-electron chi connectivity index (χ4n) is 3.86. The number of rotatable bonds is 8. The van der Waals surface area contributed by atoms with Crippen LogP contribution in [0.5, 0.6) is 0 Å². The first-order valence-corrected chi connectivity index (χ1v) is 10.3. The molecule has 6 heteroatoms. The number of nitrogens with one attached hydrogen (secondary N) is 1. The van der Waals surface area contributed by atoms with Crippen molar-refractivity contribution in [3.05, 3.63) is 66.1 Å². The maximum atomic E-state index is 13.2. The van der Waals surface area contributed by atoms with E-state index in [1.807, 2.05) is 41.4 Å². The molecule has 0 bridgehead atoms. The third-order valence-electron chi connectivity index (χ3n) is 5.50. The van der Waals surface area contributed by atoms with E-state index in [1.54, 1.807) is 12.4 Å². The third-order valence-corrected chi connectivity index (χ3v) is 5.50. The summed E-state index contributed by atoms with van der Waals surface area (Å²) in [5.74, 6) is 0.161. The van der Waals surface area contributed by atoms with Crippen LogP contribution in [0.4, 0.5) is 0 Å². The predicted molar refractivity (Wildman–Crippen MR) is 114 cm³/mol. The number of hydrogen-bond acceptors (Lipinski definition) is 4.